The topological polar surface area (TPSA) is 54.0 Å². The Morgan fingerprint density at radius 3 is 3.06 bits per heavy atom. The Labute approximate surface area is 97.0 Å². The second kappa shape index (κ2) is 3.55. The van der Waals surface area contributed by atoms with Crippen molar-refractivity contribution in [1.82, 2.24) is 14.4 Å². The summed E-state index contributed by atoms with van der Waals surface area (Å²) in [7, 11) is 1.84. The van der Waals surface area contributed by atoms with Crippen LogP contribution in [0.1, 0.15) is 0 Å². The van der Waals surface area contributed by atoms with Crippen LogP contribution in [0.5, 0.6) is 0 Å². The summed E-state index contributed by atoms with van der Waals surface area (Å²) in [6, 6.07) is 5.59. The molecule has 0 aliphatic rings. The molecule has 3 aromatic rings. The van der Waals surface area contributed by atoms with Crippen LogP contribution in [-0.2, 0) is 7.05 Å². The van der Waals surface area contributed by atoms with Crippen molar-refractivity contribution in [3.63, 3.8) is 0 Å². The van der Waals surface area contributed by atoms with Crippen LogP contribution >= 0.6 is 0 Å². The van der Waals surface area contributed by atoms with Crippen molar-refractivity contribution in [2.75, 3.05) is 0 Å². The summed E-state index contributed by atoms with van der Waals surface area (Å²) in [6.07, 6.45) is 7.25. The second-order valence-electron chi connectivity index (χ2n) is 3.85. The summed E-state index contributed by atoms with van der Waals surface area (Å²) in [5, 5.41) is 0. The number of imidazole rings is 1. The van der Waals surface area contributed by atoms with E-state index in [4.69, 9.17) is 0 Å². The highest BCUT2D eigenvalue weighted by Crippen LogP contribution is 2.10. The van der Waals surface area contributed by atoms with Crippen LogP contribution < -0.4 is 10.1 Å². The van der Waals surface area contributed by atoms with Crippen molar-refractivity contribution in [2.45, 2.75) is 0 Å². The lowest BCUT2D eigenvalue weighted by atomic mass is 10.3. The Morgan fingerprint density at radius 2 is 2.29 bits per heavy atom. The molecule has 0 bridgehead atoms. The number of H-pyrrole nitrogens is 1. The molecule has 1 N–H and O–H groups in total. The number of aromatic amines is 1. The van der Waals surface area contributed by atoms with E-state index in [9.17, 15) is 4.79 Å². The van der Waals surface area contributed by atoms with Crippen LogP contribution in [0.2, 0.25) is 0 Å². The number of nitrogens with zero attached hydrogens (tertiary/aromatic N) is 3. The SMILES string of the molecule is C[n+]1ccn2cc(-c3ccccn3)[nH]c(=O)c21. The van der Waals surface area contributed by atoms with Crippen molar-refractivity contribution >= 4 is 5.65 Å². The first-order chi connectivity index (χ1) is 8.25. The van der Waals surface area contributed by atoms with Gasteiger partial charge in [-0.1, -0.05) is 6.07 Å². The molecule has 0 amide bonds. The summed E-state index contributed by atoms with van der Waals surface area (Å²) < 4.78 is 3.57. The minimum atomic E-state index is -0.124. The number of aryl methyl sites for hydroxylation is 1. The van der Waals surface area contributed by atoms with Crippen LogP contribution in [0.3, 0.4) is 0 Å². The first-order valence-electron chi connectivity index (χ1n) is 5.27. The van der Waals surface area contributed by atoms with Crippen molar-refractivity contribution in [2.24, 2.45) is 7.05 Å². The minimum absolute atomic E-state index is 0.124. The van der Waals surface area contributed by atoms with Crippen molar-refractivity contribution < 1.29 is 4.57 Å². The molecule has 5 nitrogen and oxygen atoms in total. The predicted octanol–water partition coefficient (Wildman–Crippen LogP) is 0.514. The van der Waals surface area contributed by atoms with Gasteiger partial charge in [0.15, 0.2) is 0 Å². The van der Waals surface area contributed by atoms with Gasteiger partial charge in [-0.25, -0.2) is 4.57 Å². The zero-order chi connectivity index (χ0) is 11.8. The van der Waals surface area contributed by atoms with Gasteiger partial charge in [-0.05, 0) is 12.1 Å². The molecular weight excluding hydrogens is 216 g/mol. The zero-order valence-corrected chi connectivity index (χ0v) is 9.29. The number of pyridine rings is 1. The molecule has 3 rings (SSSR count). The van der Waals surface area contributed by atoms with Gasteiger partial charge in [-0.15, -0.1) is 0 Å². The van der Waals surface area contributed by atoms with Gasteiger partial charge in [0.2, 0.25) is 0 Å². The maximum absolute atomic E-state index is 11.9. The standard InChI is InChI=1S/C12H10N4O/c1-15-6-7-16-8-10(14-11(17)12(15)16)9-4-2-3-5-13-9/h2-8H,1H3/p+1. The summed E-state index contributed by atoms with van der Waals surface area (Å²) >= 11 is 0. The van der Waals surface area contributed by atoms with E-state index in [2.05, 4.69) is 9.97 Å². The zero-order valence-electron chi connectivity index (χ0n) is 9.29. The number of nitrogens with one attached hydrogen (secondary N) is 1. The van der Waals surface area contributed by atoms with E-state index >= 15 is 0 Å². The highest BCUT2D eigenvalue weighted by Gasteiger charge is 2.13. The van der Waals surface area contributed by atoms with Gasteiger partial charge in [0.1, 0.15) is 24.3 Å². The van der Waals surface area contributed by atoms with E-state index in [1.807, 2.05) is 43.8 Å². The van der Waals surface area contributed by atoms with Crippen LogP contribution in [0.25, 0.3) is 17.0 Å². The summed E-state index contributed by atoms with van der Waals surface area (Å²) in [6.45, 7) is 0. The van der Waals surface area contributed by atoms with E-state index < -0.39 is 0 Å². The maximum Gasteiger partial charge on any atom is 0.352 e. The van der Waals surface area contributed by atoms with Crippen LogP contribution in [0.15, 0.2) is 47.8 Å². The normalized spacial score (nSPS) is 10.9. The van der Waals surface area contributed by atoms with E-state index in [1.165, 1.54) is 0 Å². The van der Waals surface area contributed by atoms with Crippen LogP contribution in [0.4, 0.5) is 0 Å². The lowest BCUT2D eigenvalue weighted by Crippen LogP contribution is -2.32. The molecule has 0 unspecified atom stereocenters. The molecule has 0 fully saturated rings. The molecule has 17 heavy (non-hydrogen) atoms. The second-order valence-corrected chi connectivity index (χ2v) is 3.85. The molecular formula is C12H11N4O+. The third-order valence-electron chi connectivity index (χ3n) is 2.69. The average molecular weight is 227 g/mol. The van der Waals surface area contributed by atoms with Crippen molar-refractivity contribution in [1.29, 1.82) is 0 Å². The Bertz CT molecular complexity index is 727. The van der Waals surface area contributed by atoms with Crippen molar-refractivity contribution in [3.05, 3.63) is 53.3 Å². The molecule has 0 radical (unpaired) electrons. The molecule has 0 aliphatic heterocycles. The van der Waals surface area contributed by atoms with Gasteiger partial charge in [0.05, 0.1) is 12.7 Å². The first-order valence-corrected chi connectivity index (χ1v) is 5.27. The third-order valence-corrected chi connectivity index (χ3v) is 2.69. The number of hydrogen-bond acceptors (Lipinski definition) is 2. The van der Waals surface area contributed by atoms with Gasteiger partial charge >= 0.3 is 11.2 Å². The number of hydrogen-bond donors (Lipinski definition) is 1. The molecule has 0 atom stereocenters. The predicted molar refractivity (Wildman–Crippen MR) is 62.4 cm³/mol. The number of rotatable bonds is 1. The van der Waals surface area contributed by atoms with Crippen LogP contribution in [-0.4, -0.2) is 14.4 Å². The largest absolute Gasteiger partial charge is 0.352 e. The molecule has 0 aliphatic carbocycles. The van der Waals surface area contributed by atoms with Gasteiger partial charge in [0, 0.05) is 6.20 Å². The minimum Gasteiger partial charge on any atom is -0.311 e. The van der Waals surface area contributed by atoms with E-state index in [-0.39, 0.29) is 5.56 Å². The molecule has 3 aromatic heterocycles. The first kappa shape index (κ1) is 9.77. The molecule has 3 heterocycles. The Kier molecular flexibility index (Phi) is 2.04. The summed E-state index contributed by atoms with van der Waals surface area (Å²) in [5.74, 6) is 0. The quantitative estimate of drug-likeness (QED) is 0.616. The molecule has 0 aromatic carbocycles. The van der Waals surface area contributed by atoms with E-state index in [0.717, 1.165) is 5.69 Å². The van der Waals surface area contributed by atoms with Crippen LogP contribution in [0, 0.1) is 0 Å². The highest BCUT2D eigenvalue weighted by molar-refractivity contribution is 5.53. The molecule has 0 spiro atoms. The smallest absolute Gasteiger partial charge is 0.311 e. The highest BCUT2D eigenvalue weighted by atomic mass is 16.1. The Morgan fingerprint density at radius 1 is 1.41 bits per heavy atom. The maximum atomic E-state index is 11.9. The Balaban J connectivity index is 2.30. The van der Waals surface area contributed by atoms with Crippen molar-refractivity contribution in [3.8, 4) is 11.4 Å². The number of fused-ring (bicyclic) bond motifs is 1. The fraction of sp³-hybridized carbons (Fsp3) is 0.0833. The molecule has 0 saturated heterocycles. The number of aromatic nitrogens is 4. The molecule has 5 heteroatoms. The summed E-state index contributed by atoms with van der Waals surface area (Å²) in [5.41, 5.74) is 1.94. The average Bonchev–Trinajstić information content (AvgIpc) is 2.73. The third kappa shape index (κ3) is 1.52. The monoisotopic (exact) mass is 227 g/mol. The van der Waals surface area contributed by atoms with Gasteiger partial charge in [-0.2, -0.15) is 4.40 Å². The fourth-order valence-electron chi connectivity index (χ4n) is 1.88. The molecule has 84 valence electrons. The van der Waals surface area contributed by atoms with Gasteiger partial charge < -0.3 is 4.98 Å². The van der Waals surface area contributed by atoms with E-state index in [1.54, 1.807) is 15.2 Å². The van der Waals surface area contributed by atoms with E-state index in [0.29, 0.717) is 11.3 Å². The lowest BCUT2D eigenvalue weighted by molar-refractivity contribution is -0.645. The summed E-state index contributed by atoms with van der Waals surface area (Å²) in [4.78, 5) is 19.0. The Hall–Kier alpha value is -2.43. The van der Waals surface area contributed by atoms with Gasteiger partial charge in [-0.3, -0.25) is 9.78 Å². The molecule has 0 saturated carbocycles. The lowest BCUT2D eigenvalue weighted by Gasteiger charge is -1.98. The fourth-order valence-corrected chi connectivity index (χ4v) is 1.88. The van der Waals surface area contributed by atoms with Gasteiger partial charge in [0.25, 0.3) is 0 Å².